The molecule has 0 amide bonds. The van der Waals surface area contributed by atoms with E-state index in [1.807, 2.05) is 6.07 Å². The number of nitrogens with two attached hydrogens (primary N) is 2. The van der Waals surface area contributed by atoms with Gasteiger partial charge in [0.2, 0.25) is 0 Å². The van der Waals surface area contributed by atoms with E-state index in [9.17, 15) is 4.39 Å². The number of thioether (sulfide) groups is 1. The maximum atomic E-state index is 12.8. The number of halogens is 1. The molecule has 5 heteroatoms. The maximum Gasteiger partial charge on any atom is 0.185 e. The van der Waals surface area contributed by atoms with Crippen LogP contribution in [0.25, 0.3) is 0 Å². The van der Waals surface area contributed by atoms with E-state index in [1.54, 1.807) is 17.8 Å². The van der Waals surface area contributed by atoms with Gasteiger partial charge in [-0.05, 0) is 17.7 Å². The Hall–Kier alpha value is -1.23. The molecule has 0 bridgehead atoms. The lowest BCUT2D eigenvalue weighted by molar-refractivity contribution is 0.626. The number of nitrogens with zero attached hydrogens (tertiary/aromatic N) is 1. The van der Waals surface area contributed by atoms with Crippen LogP contribution in [0.2, 0.25) is 0 Å². The van der Waals surface area contributed by atoms with Crippen LogP contribution in [0.3, 0.4) is 0 Å². The summed E-state index contributed by atoms with van der Waals surface area (Å²) in [6, 6.07) is 6.58. The second-order valence-corrected chi connectivity index (χ2v) is 4.09. The van der Waals surface area contributed by atoms with Crippen LogP contribution in [0, 0.1) is 5.82 Å². The molecule has 4 N–H and O–H groups in total. The Bertz CT molecular complexity index is 337. The third kappa shape index (κ3) is 5.27. The Balaban J connectivity index is 2.23. The Labute approximate surface area is 92.8 Å². The summed E-state index contributed by atoms with van der Waals surface area (Å²) in [7, 11) is 0. The minimum atomic E-state index is -0.197. The number of hydrogen-bond acceptors (Lipinski definition) is 2. The number of aliphatic imine (C=N–C) groups is 1. The molecule has 0 spiro atoms. The molecule has 0 aliphatic heterocycles. The smallest absolute Gasteiger partial charge is 0.185 e. The van der Waals surface area contributed by atoms with Crippen LogP contribution >= 0.6 is 11.8 Å². The van der Waals surface area contributed by atoms with Crippen LogP contribution in [0.1, 0.15) is 5.56 Å². The first kappa shape index (κ1) is 11.8. The third-order valence-corrected chi connectivity index (χ3v) is 2.70. The molecule has 1 aromatic carbocycles. The topological polar surface area (TPSA) is 64.4 Å². The Kier molecular flexibility index (Phi) is 4.97. The zero-order valence-electron chi connectivity index (χ0n) is 8.32. The van der Waals surface area contributed by atoms with E-state index < -0.39 is 0 Å². The lowest BCUT2D eigenvalue weighted by atomic mass is 10.2. The van der Waals surface area contributed by atoms with E-state index in [0.29, 0.717) is 6.54 Å². The molecule has 0 unspecified atom stereocenters. The predicted octanol–water partition coefficient (Wildman–Crippen LogP) is 1.33. The molecule has 15 heavy (non-hydrogen) atoms. The summed E-state index contributed by atoms with van der Waals surface area (Å²) in [5.74, 6) is 1.52. The molecule has 0 aromatic heterocycles. The number of hydrogen-bond donors (Lipinski definition) is 2. The fraction of sp³-hybridized carbons (Fsp3) is 0.300. The van der Waals surface area contributed by atoms with Gasteiger partial charge in [0.25, 0.3) is 0 Å². The predicted molar refractivity (Wildman–Crippen MR) is 63.2 cm³/mol. The average Bonchev–Trinajstić information content (AvgIpc) is 2.17. The highest BCUT2D eigenvalue weighted by atomic mass is 32.2. The summed E-state index contributed by atoms with van der Waals surface area (Å²) >= 11 is 1.67. The summed E-state index contributed by atoms with van der Waals surface area (Å²) in [6.45, 7) is 0.600. The van der Waals surface area contributed by atoms with Gasteiger partial charge in [-0.15, -0.1) is 0 Å². The van der Waals surface area contributed by atoms with Crippen LogP contribution in [0.15, 0.2) is 29.3 Å². The fourth-order valence-electron chi connectivity index (χ4n) is 1.06. The van der Waals surface area contributed by atoms with Crippen molar-refractivity contribution in [1.82, 2.24) is 0 Å². The van der Waals surface area contributed by atoms with Crippen LogP contribution in [0.4, 0.5) is 4.39 Å². The van der Waals surface area contributed by atoms with Crippen molar-refractivity contribution in [3.8, 4) is 0 Å². The Morgan fingerprint density at radius 2 is 2.20 bits per heavy atom. The highest BCUT2D eigenvalue weighted by Gasteiger charge is 1.95. The van der Waals surface area contributed by atoms with Gasteiger partial charge in [0, 0.05) is 11.5 Å². The fourth-order valence-corrected chi connectivity index (χ4v) is 1.84. The van der Waals surface area contributed by atoms with Crippen LogP contribution in [-0.4, -0.2) is 18.3 Å². The van der Waals surface area contributed by atoms with E-state index >= 15 is 0 Å². The van der Waals surface area contributed by atoms with Gasteiger partial charge in [-0.1, -0.05) is 12.1 Å². The number of guanidine groups is 1. The van der Waals surface area contributed by atoms with Crippen molar-refractivity contribution >= 4 is 17.7 Å². The zero-order valence-corrected chi connectivity index (χ0v) is 9.14. The van der Waals surface area contributed by atoms with Crippen LogP contribution in [0.5, 0.6) is 0 Å². The average molecular weight is 227 g/mol. The molecule has 0 radical (unpaired) electrons. The molecule has 1 rings (SSSR count). The Morgan fingerprint density at radius 3 is 2.87 bits per heavy atom. The van der Waals surface area contributed by atoms with Crippen molar-refractivity contribution in [3.63, 3.8) is 0 Å². The second kappa shape index (κ2) is 6.29. The lowest BCUT2D eigenvalue weighted by Crippen LogP contribution is -2.23. The minimum Gasteiger partial charge on any atom is -0.370 e. The van der Waals surface area contributed by atoms with Gasteiger partial charge in [-0.2, -0.15) is 11.8 Å². The summed E-state index contributed by atoms with van der Waals surface area (Å²) in [6.07, 6.45) is 0. The molecule has 0 saturated carbocycles. The maximum absolute atomic E-state index is 12.8. The van der Waals surface area contributed by atoms with Crippen molar-refractivity contribution in [3.05, 3.63) is 35.6 Å². The molecule has 1 aromatic rings. The molecule has 0 heterocycles. The molecule has 0 fully saturated rings. The lowest BCUT2D eigenvalue weighted by Gasteiger charge is -2.00. The first-order valence-corrected chi connectivity index (χ1v) is 5.71. The van der Waals surface area contributed by atoms with Gasteiger partial charge in [-0.3, -0.25) is 4.99 Å². The molecule has 82 valence electrons. The van der Waals surface area contributed by atoms with Gasteiger partial charge in [0.1, 0.15) is 5.82 Å². The van der Waals surface area contributed by atoms with Crippen molar-refractivity contribution < 1.29 is 4.39 Å². The number of rotatable bonds is 5. The molecule has 0 aliphatic rings. The van der Waals surface area contributed by atoms with Crippen molar-refractivity contribution in [1.29, 1.82) is 0 Å². The first-order chi connectivity index (χ1) is 7.18. The third-order valence-electron chi connectivity index (χ3n) is 1.69. The normalized spacial score (nSPS) is 9.93. The minimum absolute atomic E-state index is 0.112. The van der Waals surface area contributed by atoms with Crippen molar-refractivity contribution in [2.75, 3.05) is 12.3 Å². The van der Waals surface area contributed by atoms with Gasteiger partial charge < -0.3 is 11.5 Å². The quantitative estimate of drug-likeness (QED) is 0.453. The van der Waals surface area contributed by atoms with E-state index in [1.165, 1.54) is 12.1 Å². The largest absolute Gasteiger partial charge is 0.370 e. The highest BCUT2D eigenvalue weighted by Crippen LogP contribution is 2.12. The number of benzene rings is 1. The SMILES string of the molecule is NC(N)=NCCSCc1cccc(F)c1. The van der Waals surface area contributed by atoms with E-state index in [-0.39, 0.29) is 11.8 Å². The van der Waals surface area contributed by atoms with E-state index in [0.717, 1.165) is 17.1 Å². The summed E-state index contributed by atoms with van der Waals surface area (Å²) in [5.41, 5.74) is 11.3. The highest BCUT2D eigenvalue weighted by molar-refractivity contribution is 7.98. The van der Waals surface area contributed by atoms with Gasteiger partial charge >= 0.3 is 0 Å². The summed E-state index contributed by atoms with van der Waals surface area (Å²) in [5, 5.41) is 0. The summed E-state index contributed by atoms with van der Waals surface area (Å²) in [4.78, 5) is 3.85. The molecule has 0 atom stereocenters. The van der Waals surface area contributed by atoms with E-state index in [2.05, 4.69) is 4.99 Å². The summed E-state index contributed by atoms with van der Waals surface area (Å²) < 4.78 is 12.8. The molecule has 3 nitrogen and oxygen atoms in total. The molecule has 0 saturated heterocycles. The van der Waals surface area contributed by atoms with Gasteiger partial charge in [-0.25, -0.2) is 4.39 Å². The van der Waals surface area contributed by atoms with Gasteiger partial charge in [0.15, 0.2) is 5.96 Å². The first-order valence-electron chi connectivity index (χ1n) is 4.56. The van der Waals surface area contributed by atoms with Crippen molar-refractivity contribution in [2.45, 2.75) is 5.75 Å². The van der Waals surface area contributed by atoms with E-state index in [4.69, 9.17) is 11.5 Å². The van der Waals surface area contributed by atoms with Crippen molar-refractivity contribution in [2.24, 2.45) is 16.5 Å². The molecular weight excluding hydrogens is 213 g/mol. The molecule has 0 aliphatic carbocycles. The monoisotopic (exact) mass is 227 g/mol. The standard InChI is InChI=1S/C10H14FN3S/c11-9-3-1-2-8(6-9)7-15-5-4-14-10(12)13/h1-3,6H,4-5,7H2,(H4,12,13,14). The Morgan fingerprint density at radius 1 is 1.40 bits per heavy atom. The zero-order chi connectivity index (χ0) is 11.1. The van der Waals surface area contributed by atoms with Crippen LogP contribution < -0.4 is 11.5 Å². The second-order valence-electron chi connectivity index (χ2n) is 2.99. The molecular formula is C10H14FN3S. The van der Waals surface area contributed by atoms with Gasteiger partial charge in [0.05, 0.1) is 6.54 Å². The van der Waals surface area contributed by atoms with Crippen LogP contribution in [-0.2, 0) is 5.75 Å².